The first-order valence-corrected chi connectivity index (χ1v) is 7.99. The maximum atomic E-state index is 13.0. The highest BCUT2D eigenvalue weighted by Gasteiger charge is 2.25. The summed E-state index contributed by atoms with van der Waals surface area (Å²) in [6.45, 7) is 1.28. The van der Waals surface area contributed by atoms with E-state index in [1.807, 2.05) is 41.0 Å². The number of hydrogen-bond donors (Lipinski definition) is 1. The number of aryl methyl sites for hydroxylation is 1. The van der Waals surface area contributed by atoms with Gasteiger partial charge in [-0.3, -0.25) is 14.6 Å². The van der Waals surface area contributed by atoms with E-state index in [1.54, 1.807) is 7.11 Å². The van der Waals surface area contributed by atoms with Crippen LogP contribution in [0.1, 0.15) is 28.2 Å². The van der Waals surface area contributed by atoms with Crippen molar-refractivity contribution >= 4 is 16.8 Å². The van der Waals surface area contributed by atoms with Gasteiger partial charge in [0.05, 0.1) is 13.3 Å². The molecule has 1 N–H and O–H groups in total. The second-order valence-corrected chi connectivity index (χ2v) is 6.03. The molecular formula is C17H19N5O2. The van der Waals surface area contributed by atoms with Gasteiger partial charge in [0.25, 0.3) is 5.91 Å². The average Bonchev–Trinajstić information content (AvgIpc) is 3.10. The van der Waals surface area contributed by atoms with E-state index in [0.29, 0.717) is 24.5 Å². The molecule has 0 atom stereocenters. The van der Waals surface area contributed by atoms with Crippen LogP contribution in [0.3, 0.4) is 0 Å². The number of aromatic nitrogens is 4. The number of nitrogens with zero attached hydrogens (tertiary/aromatic N) is 4. The van der Waals surface area contributed by atoms with Gasteiger partial charge >= 0.3 is 0 Å². The summed E-state index contributed by atoms with van der Waals surface area (Å²) in [5.74, 6) is 0.621. The summed E-state index contributed by atoms with van der Waals surface area (Å²) < 4.78 is 7.23. The number of carbonyl (C=O) groups is 1. The molecule has 24 heavy (non-hydrogen) atoms. The number of amides is 1. The van der Waals surface area contributed by atoms with Crippen molar-refractivity contribution in [2.24, 2.45) is 7.05 Å². The Kier molecular flexibility index (Phi) is 3.48. The predicted octanol–water partition coefficient (Wildman–Crippen LogP) is 1.89. The van der Waals surface area contributed by atoms with Crippen LogP contribution < -0.4 is 4.74 Å². The van der Waals surface area contributed by atoms with Crippen LogP contribution in [0.2, 0.25) is 0 Å². The van der Waals surface area contributed by atoms with Crippen molar-refractivity contribution in [1.29, 1.82) is 0 Å². The molecule has 0 saturated carbocycles. The zero-order chi connectivity index (χ0) is 16.7. The molecule has 0 fully saturated rings. The van der Waals surface area contributed by atoms with Gasteiger partial charge in [-0.05, 0) is 18.9 Å². The molecule has 3 heterocycles. The Labute approximate surface area is 139 Å². The number of fused-ring (bicyclic) bond motifs is 2. The Morgan fingerprint density at radius 1 is 1.38 bits per heavy atom. The zero-order valence-electron chi connectivity index (χ0n) is 13.7. The molecule has 0 radical (unpaired) electrons. The van der Waals surface area contributed by atoms with Crippen molar-refractivity contribution < 1.29 is 9.53 Å². The number of benzene rings is 1. The first-order chi connectivity index (χ1) is 11.7. The van der Waals surface area contributed by atoms with Gasteiger partial charge < -0.3 is 9.64 Å². The lowest BCUT2D eigenvalue weighted by Gasteiger charge is -2.19. The molecule has 3 aromatic rings. The SMILES string of the molecule is COc1cccc2c(C(=O)N3CCCc4c(cnn4C)C3)n[nH]c12. The molecule has 0 spiro atoms. The van der Waals surface area contributed by atoms with Gasteiger partial charge in [0.1, 0.15) is 11.3 Å². The van der Waals surface area contributed by atoms with Gasteiger partial charge in [-0.15, -0.1) is 0 Å². The minimum Gasteiger partial charge on any atom is -0.494 e. The van der Waals surface area contributed by atoms with Crippen LogP contribution in [0.15, 0.2) is 24.4 Å². The number of para-hydroxylation sites is 1. The summed E-state index contributed by atoms with van der Waals surface area (Å²) in [6, 6.07) is 5.61. The third-order valence-corrected chi connectivity index (χ3v) is 4.62. The average molecular weight is 325 g/mol. The van der Waals surface area contributed by atoms with E-state index in [9.17, 15) is 4.79 Å². The van der Waals surface area contributed by atoms with E-state index in [4.69, 9.17) is 4.74 Å². The number of rotatable bonds is 2. The lowest BCUT2D eigenvalue weighted by molar-refractivity contribution is 0.0742. The summed E-state index contributed by atoms with van der Waals surface area (Å²) >= 11 is 0. The third kappa shape index (κ3) is 2.24. The number of aromatic amines is 1. The number of methoxy groups -OCH3 is 1. The van der Waals surface area contributed by atoms with Gasteiger partial charge in [-0.2, -0.15) is 10.2 Å². The number of H-pyrrole nitrogens is 1. The van der Waals surface area contributed by atoms with E-state index in [-0.39, 0.29) is 5.91 Å². The van der Waals surface area contributed by atoms with E-state index in [0.717, 1.165) is 29.3 Å². The summed E-state index contributed by atoms with van der Waals surface area (Å²) in [4.78, 5) is 14.9. The van der Waals surface area contributed by atoms with Crippen LogP contribution in [0.25, 0.3) is 10.9 Å². The normalized spacial score (nSPS) is 14.5. The van der Waals surface area contributed by atoms with Gasteiger partial charge in [-0.25, -0.2) is 0 Å². The zero-order valence-corrected chi connectivity index (χ0v) is 13.7. The first kappa shape index (κ1) is 14.7. The van der Waals surface area contributed by atoms with Crippen molar-refractivity contribution in [2.75, 3.05) is 13.7 Å². The number of nitrogens with one attached hydrogen (secondary N) is 1. The molecule has 124 valence electrons. The molecule has 7 heteroatoms. The molecule has 4 rings (SSSR count). The topological polar surface area (TPSA) is 76.0 Å². The fraction of sp³-hybridized carbons (Fsp3) is 0.353. The Morgan fingerprint density at radius 2 is 2.25 bits per heavy atom. The molecule has 7 nitrogen and oxygen atoms in total. The summed E-state index contributed by atoms with van der Waals surface area (Å²) in [7, 11) is 3.56. The fourth-order valence-corrected chi connectivity index (χ4v) is 3.36. The Bertz CT molecular complexity index is 911. The quantitative estimate of drug-likeness (QED) is 0.781. The smallest absolute Gasteiger partial charge is 0.275 e. The molecular weight excluding hydrogens is 306 g/mol. The van der Waals surface area contributed by atoms with E-state index in [2.05, 4.69) is 15.3 Å². The second kappa shape index (κ2) is 5.67. The number of hydrogen-bond acceptors (Lipinski definition) is 4. The second-order valence-electron chi connectivity index (χ2n) is 6.03. The Balaban J connectivity index is 1.69. The molecule has 0 bridgehead atoms. The summed E-state index contributed by atoms with van der Waals surface area (Å²) in [5, 5.41) is 12.3. The van der Waals surface area contributed by atoms with Crippen LogP contribution >= 0.6 is 0 Å². The maximum absolute atomic E-state index is 13.0. The molecule has 2 aromatic heterocycles. The molecule has 0 saturated heterocycles. The van der Waals surface area contributed by atoms with E-state index >= 15 is 0 Å². The predicted molar refractivity (Wildman–Crippen MR) is 88.9 cm³/mol. The first-order valence-electron chi connectivity index (χ1n) is 7.99. The number of carbonyl (C=O) groups excluding carboxylic acids is 1. The summed E-state index contributed by atoms with van der Waals surface area (Å²) in [5.41, 5.74) is 3.51. The van der Waals surface area contributed by atoms with Gasteiger partial charge in [-0.1, -0.05) is 12.1 Å². The van der Waals surface area contributed by atoms with Gasteiger partial charge in [0, 0.05) is 36.8 Å². The molecule has 0 aliphatic carbocycles. The maximum Gasteiger partial charge on any atom is 0.275 e. The Morgan fingerprint density at radius 3 is 3.08 bits per heavy atom. The monoisotopic (exact) mass is 325 g/mol. The molecule has 1 aromatic carbocycles. The highest BCUT2D eigenvalue weighted by Crippen LogP contribution is 2.27. The van der Waals surface area contributed by atoms with Crippen LogP contribution in [0.4, 0.5) is 0 Å². The van der Waals surface area contributed by atoms with Crippen molar-refractivity contribution in [2.45, 2.75) is 19.4 Å². The van der Waals surface area contributed by atoms with Crippen molar-refractivity contribution in [3.8, 4) is 5.75 Å². The van der Waals surface area contributed by atoms with Crippen molar-refractivity contribution in [1.82, 2.24) is 24.9 Å². The van der Waals surface area contributed by atoms with Crippen molar-refractivity contribution in [3.05, 3.63) is 41.3 Å². The molecule has 1 aliphatic rings. The van der Waals surface area contributed by atoms with Crippen LogP contribution in [0, 0.1) is 0 Å². The number of ether oxygens (including phenoxy) is 1. The molecule has 1 aliphatic heterocycles. The highest BCUT2D eigenvalue weighted by molar-refractivity contribution is 6.05. The minimum absolute atomic E-state index is 0.0637. The highest BCUT2D eigenvalue weighted by atomic mass is 16.5. The van der Waals surface area contributed by atoms with Crippen LogP contribution in [-0.2, 0) is 20.0 Å². The van der Waals surface area contributed by atoms with Crippen LogP contribution in [-0.4, -0.2) is 44.4 Å². The van der Waals surface area contributed by atoms with E-state index < -0.39 is 0 Å². The van der Waals surface area contributed by atoms with Crippen LogP contribution in [0.5, 0.6) is 5.75 Å². The van der Waals surface area contributed by atoms with Gasteiger partial charge in [0.2, 0.25) is 0 Å². The summed E-state index contributed by atoms with van der Waals surface area (Å²) in [6.07, 6.45) is 3.71. The van der Waals surface area contributed by atoms with Gasteiger partial charge in [0.15, 0.2) is 5.69 Å². The van der Waals surface area contributed by atoms with Crippen molar-refractivity contribution in [3.63, 3.8) is 0 Å². The fourth-order valence-electron chi connectivity index (χ4n) is 3.36. The molecule has 0 unspecified atom stereocenters. The standard InChI is InChI=1S/C17H19N5O2/c1-21-13-6-4-8-22(10-11(13)9-18-21)17(23)16-12-5-3-7-14(24-2)15(12)19-20-16/h3,5,7,9H,4,6,8,10H2,1-2H3,(H,19,20). The lowest BCUT2D eigenvalue weighted by atomic mass is 10.1. The Hall–Kier alpha value is -2.83. The lowest BCUT2D eigenvalue weighted by Crippen LogP contribution is -2.31. The molecule has 1 amide bonds. The largest absolute Gasteiger partial charge is 0.494 e. The van der Waals surface area contributed by atoms with E-state index in [1.165, 1.54) is 5.69 Å². The third-order valence-electron chi connectivity index (χ3n) is 4.62. The minimum atomic E-state index is -0.0637.